The minimum absolute atomic E-state index is 0.0947. The molecule has 0 aromatic rings. The van der Waals surface area contributed by atoms with Crippen LogP contribution in [0.25, 0.3) is 0 Å². The molecule has 1 saturated heterocycles. The molecule has 110 valence electrons. The molecule has 1 N–H and O–H groups in total. The molecule has 3 atom stereocenters. The maximum atomic E-state index is 12.0. The highest BCUT2D eigenvalue weighted by molar-refractivity contribution is 5.76. The second-order valence-electron chi connectivity index (χ2n) is 6.73. The van der Waals surface area contributed by atoms with E-state index in [1.165, 1.54) is 25.7 Å². The third-order valence-electron chi connectivity index (χ3n) is 4.01. The normalized spacial score (nSPS) is 31.0. The van der Waals surface area contributed by atoms with Crippen molar-refractivity contribution < 1.29 is 14.3 Å². The third-order valence-corrected chi connectivity index (χ3v) is 4.01. The average Bonchev–Trinajstić information content (AvgIpc) is 2.77. The molecule has 1 saturated carbocycles. The minimum atomic E-state index is -0.174. The number of ether oxygens (including phenoxy) is 2. The number of nitrogens with one attached hydrogen (secondary N) is 1. The van der Waals surface area contributed by atoms with Crippen molar-refractivity contribution >= 4 is 5.97 Å². The second-order valence-corrected chi connectivity index (χ2v) is 6.73. The van der Waals surface area contributed by atoms with Crippen LogP contribution in [0.2, 0.25) is 0 Å². The molecule has 0 aromatic carbocycles. The standard InChI is InChI=1S/C15H27NO3/c1-15(2,3)19-9-8-18-14(17)13-10-11-6-4-5-7-12(11)16-13/h11-13,16H,4-10H2,1-3H3. The van der Waals surface area contributed by atoms with Gasteiger partial charge < -0.3 is 14.8 Å². The molecule has 0 bridgehead atoms. The van der Waals surface area contributed by atoms with Gasteiger partial charge in [-0.1, -0.05) is 12.8 Å². The third kappa shape index (κ3) is 4.46. The summed E-state index contributed by atoms with van der Waals surface area (Å²) in [4.78, 5) is 12.0. The van der Waals surface area contributed by atoms with Crippen LogP contribution >= 0.6 is 0 Å². The first-order valence-electron chi connectivity index (χ1n) is 7.52. The number of hydrogen-bond donors (Lipinski definition) is 1. The van der Waals surface area contributed by atoms with Gasteiger partial charge in [0.1, 0.15) is 12.6 Å². The molecule has 0 aromatic heterocycles. The van der Waals surface area contributed by atoms with E-state index >= 15 is 0 Å². The molecule has 0 radical (unpaired) electrons. The number of hydrogen-bond acceptors (Lipinski definition) is 4. The molecule has 2 aliphatic rings. The van der Waals surface area contributed by atoms with Crippen LogP contribution in [0, 0.1) is 5.92 Å². The van der Waals surface area contributed by atoms with E-state index in [2.05, 4.69) is 5.32 Å². The Bertz CT molecular complexity index is 297. The summed E-state index contributed by atoms with van der Waals surface area (Å²) in [7, 11) is 0. The summed E-state index contributed by atoms with van der Waals surface area (Å²) in [5.41, 5.74) is -0.174. The van der Waals surface area contributed by atoms with Gasteiger partial charge in [-0.15, -0.1) is 0 Å². The predicted octanol–water partition coefficient (Wildman–Crippen LogP) is 2.27. The van der Waals surface area contributed by atoms with Crippen LogP contribution in [0.4, 0.5) is 0 Å². The van der Waals surface area contributed by atoms with Crippen molar-refractivity contribution in [3.63, 3.8) is 0 Å². The Labute approximate surface area is 116 Å². The van der Waals surface area contributed by atoms with Gasteiger partial charge in [-0.2, -0.15) is 0 Å². The average molecular weight is 269 g/mol. The van der Waals surface area contributed by atoms with Crippen LogP contribution in [0.1, 0.15) is 52.9 Å². The van der Waals surface area contributed by atoms with E-state index in [1.807, 2.05) is 20.8 Å². The van der Waals surface area contributed by atoms with E-state index in [1.54, 1.807) is 0 Å². The van der Waals surface area contributed by atoms with Gasteiger partial charge in [0.25, 0.3) is 0 Å². The van der Waals surface area contributed by atoms with E-state index in [0.717, 1.165) is 6.42 Å². The lowest BCUT2D eigenvalue weighted by atomic mass is 9.85. The Morgan fingerprint density at radius 3 is 2.63 bits per heavy atom. The summed E-state index contributed by atoms with van der Waals surface area (Å²) in [6.07, 6.45) is 6.01. The molecule has 1 heterocycles. The molecular weight excluding hydrogens is 242 g/mol. The monoisotopic (exact) mass is 269 g/mol. The first-order chi connectivity index (χ1) is 8.96. The van der Waals surface area contributed by atoms with Gasteiger partial charge in [0, 0.05) is 6.04 Å². The van der Waals surface area contributed by atoms with Crippen molar-refractivity contribution in [2.24, 2.45) is 5.92 Å². The number of carbonyl (C=O) groups excluding carboxylic acids is 1. The molecule has 19 heavy (non-hydrogen) atoms. The van der Waals surface area contributed by atoms with E-state index < -0.39 is 0 Å². The van der Waals surface area contributed by atoms with Gasteiger partial charge in [0.15, 0.2) is 0 Å². The lowest BCUT2D eigenvalue weighted by Gasteiger charge is -2.24. The minimum Gasteiger partial charge on any atom is -0.462 e. The maximum absolute atomic E-state index is 12.0. The molecule has 0 spiro atoms. The van der Waals surface area contributed by atoms with E-state index in [-0.39, 0.29) is 17.6 Å². The molecular formula is C15H27NO3. The Morgan fingerprint density at radius 2 is 1.95 bits per heavy atom. The first-order valence-corrected chi connectivity index (χ1v) is 7.52. The van der Waals surface area contributed by atoms with Crippen molar-refractivity contribution in [3.05, 3.63) is 0 Å². The number of fused-ring (bicyclic) bond motifs is 1. The maximum Gasteiger partial charge on any atom is 0.323 e. The zero-order valence-corrected chi connectivity index (χ0v) is 12.4. The van der Waals surface area contributed by atoms with E-state index in [9.17, 15) is 4.79 Å². The molecule has 0 amide bonds. The predicted molar refractivity (Wildman–Crippen MR) is 74.0 cm³/mol. The Balaban J connectivity index is 1.67. The summed E-state index contributed by atoms with van der Waals surface area (Å²) in [6.45, 7) is 6.81. The molecule has 1 aliphatic heterocycles. The molecule has 4 nitrogen and oxygen atoms in total. The lowest BCUT2D eigenvalue weighted by Crippen LogP contribution is -2.38. The highest BCUT2D eigenvalue weighted by Crippen LogP contribution is 2.33. The van der Waals surface area contributed by atoms with Crippen LogP contribution in [-0.4, -0.2) is 36.9 Å². The Morgan fingerprint density at radius 1 is 1.21 bits per heavy atom. The quantitative estimate of drug-likeness (QED) is 0.628. The molecule has 2 fully saturated rings. The van der Waals surface area contributed by atoms with Crippen LogP contribution in [0.15, 0.2) is 0 Å². The molecule has 3 unspecified atom stereocenters. The van der Waals surface area contributed by atoms with Crippen LogP contribution < -0.4 is 5.32 Å². The van der Waals surface area contributed by atoms with E-state index in [4.69, 9.17) is 9.47 Å². The van der Waals surface area contributed by atoms with Gasteiger partial charge in [-0.3, -0.25) is 4.79 Å². The Kier molecular flexibility index (Phi) is 4.85. The second kappa shape index (κ2) is 6.23. The molecule has 2 rings (SSSR count). The first kappa shape index (κ1) is 14.8. The highest BCUT2D eigenvalue weighted by atomic mass is 16.6. The van der Waals surface area contributed by atoms with Gasteiger partial charge in [0.2, 0.25) is 0 Å². The summed E-state index contributed by atoms with van der Waals surface area (Å²) in [5, 5.41) is 3.43. The fraction of sp³-hybridized carbons (Fsp3) is 0.933. The summed E-state index contributed by atoms with van der Waals surface area (Å²) < 4.78 is 10.8. The molecule has 1 aliphatic carbocycles. The SMILES string of the molecule is CC(C)(C)OCCOC(=O)C1CC2CCCCC2N1. The van der Waals surface area contributed by atoms with Gasteiger partial charge in [-0.05, 0) is 46.0 Å². The van der Waals surface area contributed by atoms with E-state index in [0.29, 0.717) is 25.2 Å². The zero-order valence-electron chi connectivity index (χ0n) is 12.4. The van der Waals surface area contributed by atoms with Crippen LogP contribution in [0.3, 0.4) is 0 Å². The summed E-state index contributed by atoms with van der Waals surface area (Å²) >= 11 is 0. The number of esters is 1. The Hall–Kier alpha value is -0.610. The zero-order chi connectivity index (χ0) is 13.9. The van der Waals surface area contributed by atoms with Crippen molar-refractivity contribution in [2.45, 2.75) is 70.6 Å². The fourth-order valence-electron chi connectivity index (χ4n) is 3.09. The fourth-order valence-corrected chi connectivity index (χ4v) is 3.09. The molecule has 4 heteroatoms. The topological polar surface area (TPSA) is 47.6 Å². The smallest absolute Gasteiger partial charge is 0.323 e. The van der Waals surface area contributed by atoms with Crippen LogP contribution in [0.5, 0.6) is 0 Å². The van der Waals surface area contributed by atoms with Gasteiger partial charge in [-0.25, -0.2) is 0 Å². The summed E-state index contributed by atoms with van der Waals surface area (Å²) in [6, 6.07) is 0.444. The number of carbonyl (C=O) groups is 1. The summed E-state index contributed by atoms with van der Waals surface area (Å²) in [5.74, 6) is 0.573. The van der Waals surface area contributed by atoms with Gasteiger partial charge in [0.05, 0.1) is 12.2 Å². The van der Waals surface area contributed by atoms with Crippen molar-refractivity contribution in [1.29, 1.82) is 0 Å². The van der Waals surface area contributed by atoms with Crippen molar-refractivity contribution in [3.8, 4) is 0 Å². The number of rotatable bonds is 4. The van der Waals surface area contributed by atoms with Crippen molar-refractivity contribution in [2.75, 3.05) is 13.2 Å². The van der Waals surface area contributed by atoms with Crippen LogP contribution in [-0.2, 0) is 14.3 Å². The highest BCUT2D eigenvalue weighted by Gasteiger charge is 2.38. The lowest BCUT2D eigenvalue weighted by molar-refractivity contribution is -0.149. The van der Waals surface area contributed by atoms with Crippen molar-refractivity contribution in [1.82, 2.24) is 5.32 Å². The van der Waals surface area contributed by atoms with Gasteiger partial charge >= 0.3 is 5.97 Å². The largest absolute Gasteiger partial charge is 0.462 e.